The monoisotopic (exact) mass is 229 g/mol. The molecule has 1 nitrogen and oxygen atoms in total. The molecule has 0 saturated heterocycles. The maximum atomic E-state index is 3.46. The third-order valence-corrected chi connectivity index (χ3v) is 3.34. The van der Waals surface area contributed by atoms with Crippen molar-refractivity contribution in [3.63, 3.8) is 0 Å². The van der Waals surface area contributed by atoms with Crippen LogP contribution in [0.2, 0.25) is 0 Å². The Morgan fingerprint density at radius 2 is 2.36 bits per heavy atom. The molecule has 11 heavy (non-hydrogen) atoms. The van der Waals surface area contributed by atoms with E-state index in [-0.39, 0.29) is 0 Å². The van der Waals surface area contributed by atoms with Crippen LogP contribution < -0.4 is 4.72 Å². The minimum absolute atomic E-state index is 0.479. The van der Waals surface area contributed by atoms with Crippen LogP contribution in [0.1, 0.15) is 18.5 Å². The van der Waals surface area contributed by atoms with Crippen molar-refractivity contribution in [2.45, 2.75) is 17.9 Å². The first-order chi connectivity index (χ1) is 5.27. The standard InChI is InChI=1S/C8H8BrNS/c1-5-7-4-6(9)2-3-8(7)11-10-5/h2-5,10H,1H3/t5-/m1/s1. The second kappa shape index (κ2) is 2.81. The van der Waals surface area contributed by atoms with Crippen molar-refractivity contribution < 1.29 is 0 Å². The third-order valence-electron chi connectivity index (χ3n) is 1.78. The normalized spacial score (nSPS) is 21.8. The van der Waals surface area contributed by atoms with Crippen LogP contribution in [0.4, 0.5) is 0 Å². The van der Waals surface area contributed by atoms with Crippen LogP contribution in [-0.4, -0.2) is 0 Å². The third kappa shape index (κ3) is 1.33. The van der Waals surface area contributed by atoms with E-state index in [0.29, 0.717) is 6.04 Å². The Labute approximate surface area is 78.8 Å². The Morgan fingerprint density at radius 1 is 1.55 bits per heavy atom. The van der Waals surface area contributed by atoms with Crippen molar-refractivity contribution in [1.29, 1.82) is 0 Å². The van der Waals surface area contributed by atoms with E-state index in [1.54, 1.807) is 11.9 Å². The number of halogens is 1. The number of fused-ring (bicyclic) bond motifs is 1. The Balaban J connectivity index is 2.52. The van der Waals surface area contributed by atoms with Crippen LogP contribution in [0.25, 0.3) is 0 Å². The van der Waals surface area contributed by atoms with Crippen LogP contribution in [-0.2, 0) is 0 Å². The van der Waals surface area contributed by atoms with E-state index in [9.17, 15) is 0 Å². The molecule has 1 atom stereocenters. The molecule has 2 rings (SSSR count). The van der Waals surface area contributed by atoms with Crippen molar-refractivity contribution in [2.75, 3.05) is 0 Å². The molecular weight excluding hydrogens is 222 g/mol. The van der Waals surface area contributed by atoms with E-state index in [2.05, 4.69) is 45.8 Å². The van der Waals surface area contributed by atoms with Crippen LogP contribution in [0, 0.1) is 0 Å². The summed E-state index contributed by atoms with van der Waals surface area (Å²) in [5.74, 6) is 0. The predicted octanol–water partition coefficient (Wildman–Crippen LogP) is 3.12. The summed E-state index contributed by atoms with van der Waals surface area (Å²) in [4.78, 5) is 1.35. The first-order valence-electron chi connectivity index (χ1n) is 3.49. The van der Waals surface area contributed by atoms with Crippen molar-refractivity contribution in [3.05, 3.63) is 28.2 Å². The Morgan fingerprint density at radius 3 is 3.18 bits per heavy atom. The van der Waals surface area contributed by atoms with Crippen LogP contribution in [0.15, 0.2) is 27.6 Å². The minimum Gasteiger partial charge on any atom is -0.253 e. The van der Waals surface area contributed by atoms with Crippen molar-refractivity contribution in [3.8, 4) is 0 Å². The lowest BCUT2D eigenvalue weighted by molar-refractivity contribution is 0.765. The van der Waals surface area contributed by atoms with Gasteiger partial charge < -0.3 is 0 Å². The summed E-state index contributed by atoms with van der Waals surface area (Å²) < 4.78 is 4.47. The second-order valence-electron chi connectivity index (χ2n) is 2.62. The molecule has 3 heteroatoms. The fraction of sp³-hybridized carbons (Fsp3) is 0.250. The van der Waals surface area contributed by atoms with Crippen molar-refractivity contribution >= 4 is 27.9 Å². The molecule has 0 radical (unpaired) electrons. The molecule has 58 valence electrons. The van der Waals surface area contributed by atoms with E-state index in [0.717, 1.165) is 4.47 Å². The predicted molar refractivity (Wildman–Crippen MR) is 51.5 cm³/mol. The largest absolute Gasteiger partial charge is 0.253 e. The first kappa shape index (κ1) is 7.65. The van der Waals surface area contributed by atoms with Gasteiger partial charge in [-0.1, -0.05) is 15.9 Å². The highest BCUT2D eigenvalue weighted by molar-refractivity contribution is 9.10. The van der Waals surface area contributed by atoms with Gasteiger partial charge in [0.2, 0.25) is 0 Å². The molecule has 0 fully saturated rings. The highest BCUT2D eigenvalue weighted by atomic mass is 79.9. The van der Waals surface area contributed by atoms with Crippen LogP contribution in [0.3, 0.4) is 0 Å². The zero-order chi connectivity index (χ0) is 7.84. The summed E-state index contributed by atoms with van der Waals surface area (Å²) >= 11 is 5.17. The number of benzene rings is 1. The molecule has 1 aliphatic heterocycles. The van der Waals surface area contributed by atoms with Gasteiger partial charge in [-0.25, -0.2) is 0 Å². The maximum Gasteiger partial charge on any atom is 0.0408 e. The summed E-state index contributed by atoms with van der Waals surface area (Å²) in [6.07, 6.45) is 0. The van der Waals surface area contributed by atoms with E-state index in [1.807, 2.05) is 0 Å². The molecule has 1 heterocycles. The SMILES string of the molecule is C[C@H]1NSc2ccc(Br)cc21. The van der Waals surface area contributed by atoms with Crippen molar-refractivity contribution in [1.82, 2.24) is 4.72 Å². The van der Waals surface area contributed by atoms with Crippen molar-refractivity contribution in [2.24, 2.45) is 0 Å². The maximum absolute atomic E-state index is 3.46. The summed E-state index contributed by atoms with van der Waals surface area (Å²) in [6.45, 7) is 2.17. The smallest absolute Gasteiger partial charge is 0.0408 e. The number of nitrogens with one attached hydrogen (secondary N) is 1. The van der Waals surface area contributed by atoms with Gasteiger partial charge in [-0.3, -0.25) is 4.72 Å². The van der Waals surface area contributed by atoms with Gasteiger partial charge in [0, 0.05) is 15.4 Å². The van der Waals surface area contributed by atoms with E-state index in [4.69, 9.17) is 0 Å². The highest BCUT2D eigenvalue weighted by Gasteiger charge is 2.17. The van der Waals surface area contributed by atoms with Gasteiger partial charge >= 0.3 is 0 Å². The summed E-state index contributed by atoms with van der Waals surface area (Å²) in [5, 5.41) is 0. The Kier molecular flexibility index (Phi) is 1.95. The molecule has 0 aliphatic carbocycles. The molecule has 1 aromatic carbocycles. The van der Waals surface area contributed by atoms with Gasteiger partial charge in [0.15, 0.2) is 0 Å². The van der Waals surface area contributed by atoms with Gasteiger partial charge in [-0.2, -0.15) is 0 Å². The molecule has 1 aromatic rings. The molecule has 1 aliphatic rings. The number of hydrogen-bond acceptors (Lipinski definition) is 2. The van der Waals surface area contributed by atoms with E-state index in [1.165, 1.54) is 10.5 Å². The zero-order valence-electron chi connectivity index (χ0n) is 6.10. The topological polar surface area (TPSA) is 12.0 Å². The summed E-state index contributed by atoms with van der Waals surface area (Å²) in [7, 11) is 0. The van der Waals surface area contributed by atoms with Gasteiger partial charge in [-0.15, -0.1) is 0 Å². The fourth-order valence-electron chi connectivity index (χ4n) is 1.17. The molecule has 0 aromatic heterocycles. The minimum atomic E-state index is 0.479. The van der Waals surface area contributed by atoms with Gasteiger partial charge in [-0.05, 0) is 42.6 Å². The van der Waals surface area contributed by atoms with E-state index < -0.39 is 0 Å². The van der Waals surface area contributed by atoms with Gasteiger partial charge in [0.05, 0.1) is 0 Å². The molecule has 0 bridgehead atoms. The molecule has 0 amide bonds. The number of rotatable bonds is 0. The zero-order valence-corrected chi connectivity index (χ0v) is 8.50. The Hall–Kier alpha value is 0.01000. The van der Waals surface area contributed by atoms with Gasteiger partial charge in [0.1, 0.15) is 0 Å². The summed E-state index contributed by atoms with van der Waals surface area (Å²) in [6, 6.07) is 6.87. The Bertz CT molecular complexity index is 287. The average Bonchev–Trinajstić information content (AvgIpc) is 2.33. The average molecular weight is 230 g/mol. The number of hydrogen-bond donors (Lipinski definition) is 1. The molecular formula is C8H8BrNS. The second-order valence-corrected chi connectivity index (χ2v) is 4.42. The van der Waals surface area contributed by atoms with Crippen LogP contribution >= 0.6 is 27.9 Å². The van der Waals surface area contributed by atoms with Gasteiger partial charge in [0.25, 0.3) is 0 Å². The van der Waals surface area contributed by atoms with Crippen LogP contribution in [0.5, 0.6) is 0 Å². The van der Waals surface area contributed by atoms with E-state index >= 15 is 0 Å². The lowest BCUT2D eigenvalue weighted by Crippen LogP contribution is -2.01. The highest BCUT2D eigenvalue weighted by Crippen LogP contribution is 2.35. The fourth-order valence-corrected chi connectivity index (χ4v) is 2.47. The molecule has 1 N–H and O–H groups in total. The molecule has 0 saturated carbocycles. The lowest BCUT2D eigenvalue weighted by Gasteiger charge is -2.01. The molecule has 0 spiro atoms. The first-order valence-corrected chi connectivity index (χ1v) is 5.10. The lowest BCUT2D eigenvalue weighted by atomic mass is 10.1. The molecule has 0 unspecified atom stereocenters. The quantitative estimate of drug-likeness (QED) is 0.687. The summed E-state index contributed by atoms with van der Waals surface area (Å²) in [5.41, 5.74) is 1.39.